The lowest BCUT2D eigenvalue weighted by molar-refractivity contribution is -0.00399. The number of nitrogens with zero attached hydrogens (tertiary/aromatic N) is 3. The first-order valence-electron chi connectivity index (χ1n) is 5.56. The van der Waals surface area contributed by atoms with Gasteiger partial charge in [-0.25, -0.2) is 0 Å². The van der Waals surface area contributed by atoms with Gasteiger partial charge < -0.3 is 4.90 Å². The molecular formula is C12H15N3S. The highest BCUT2D eigenvalue weighted by Gasteiger charge is 2.39. The second-order valence-electron chi connectivity index (χ2n) is 4.45. The summed E-state index contributed by atoms with van der Waals surface area (Å²) in [5.41, 5.74) is 2.81. The summed E-state index contributed by atoms with van der Waals surface area (Å²) in [7, 11) is 2.07. The van der Waals surface area contributed by atoms with Crippen molar-refractivity contribution in [2.24, 2.45) is 0 Å². The van der Waals surface area contributed by atoms with Crippen LogP contribution in [0.15, 0.2) is 24.3 Å². The Kier molecular flexibility index (Phi) is 2.16. The van der Waals surface area contributed by atoms with E-state index in [1.165, 1.54) is 11.1 Å². The molecule has 16 heavy (non-hydrogen) atoms. The number of benzene rings is 1. The third-order valence-electron chi connectivity index (χ3n) is 3.60. The molecule has 1 aromatic carbocycles. The predicted octanol–water partition coefficient (Wildman–Crippen LogP) is 1.80. The summed E-state index contributed by atoms with van der Waals surface area (Å²) in [6.07, 6.45) is 0.362. The lowest BCUT2D eigenvalue weighted by Gasteiger charge is -2.35. The summed E-state index contributed by atoms with van der Waals surface area (Å²) < 4.78 is 0. The average Bonchev–Trinajstić information content (AvgIpc) is 2.52. The molecule has 84 valence electrons. The van der Waals surface area contributed by atoms with E-state index in [1.54, 1.807) is 0 Å². The molecule has 0 aliphatic carbocycles. The maximum absolute atomic E-state index is 5.46. The first-order valence-corrected chi connectivity index (χ1v) is 5.97. The molecule has 4 heteroatoms. The topological polar surface area (TPSA) is 9.72 Å². The lowest BCUT2D eigenvalue weighted by atomic mass is 10.1. The zero-order chi connectivity index (χ0) is 11.3. The molecule has 0 radical (unpaired) electrons. The Morgan fingerprint density at radius 1 is 1.19 bits per heavy atom. The van der Waals surface area contributed by atoms with E-state index in [-0.39, 0.29) is 0 Å². The summed E-state index contributed by atoms with van der Waals surface area (Å²) >= 11 is 5.46. The summed E-state index contributed by atoms with van der Waals surface area (Å²) in [6.45, 7) is 4.06. The van der Waals surface area contributed by atoms with Crippen molar-refractivity contribution in [3.8, 4) is 0 Å². The van der Waals surface area contributed by atoms with Crippen LogP contribution < -0.4 is 0 Å². The fourth-order valence-electron chi connectivity index (χ4n) is 2.43. The molecule has 1 fully saturated rings. The van der Waals surface area contributed by atoms with Crippen LogP contribution in [0.4, 0.5) is 0 Å². The van der Waals surface area contributed by atoms with Crippen molar-refractivity contribution < 1.29 is 0 Å². The minimum Gasteiger partial charge on any atom is -0.334 e. The van der Waals surface area contributed by atoms with Crippen LogP contribution >= 0.6 is 12.2 Å². The summed E-state index contributed by atoms with van der Waals surface area (Å²) in [5, 5.41) is 5.48. The first-order chi connectivity index (χ1) is 7.68. The van der Waals surface area contributed by atoms with Crippen molar-refractivity contribution in [2.45, 2.75) is 26.2 Å². The zero-order valence-corrected chi connectivity index (χ0v) is 10.4. The Morgan fingerprint density at radius 2 is 1.81 bits per heavy atom. The van der Waals surface area contributed by atoms with Crippen molar-refractivity contribution in [3.05, 3.63) is 35.4 Å². The molecule has 3 nitrogen and oxygen atoms in total. The van der Waals surface area contributed by atoms with Gasteiger partial charge in [-0.05, 0) is 30.3 Å². The van der Waals surface area contributed by atoms with E-state index >= 15 is 0 Å². The number of hydrazine groups is 1. The van der Waals surface area contributed by atoms with Gasteiger partial charge in [0.2, 0.25) is 0 Å². The van der Waals surface area contributed by atoms with Crippen molar-refractivity contribution in [3.63, 3.8) is 0 Å². The third kappa shape index (κ3) is 1.26. The fourth-order valence-corrected chi connectivity index (χ4v) is 2.75. The molecule has 0 saturated carbocycles. The molecule has 3 rings (SSSR count). The summed E-state index contributed by atoms with van der Waals surface area (Å²) in [4.78, 5) is 2.15. The first kappa shape index (κ1) is 10.1. The number of rotatable bonds is 0. The van der Waals surface area contributed by atoms with Crippen molar-refractivity contribution in [1.82, 2.24) is 14.9 Å². The molecule has 2 aliphatic rings. The van der Waals surface area contributed by atoms with Crippen LogP contribution in [0.1, 0.15) is 18.1 Å². The minimum atomic E-state index is 0.362. The van der Waals surface area contributed by atoms with Crippen LogP contribution in [-0.4, -0.2) is 33.2 Å². The van der Waals surface area contributed by atoms with E-state index in [1.807, 2.05) is 0 Å². The van der Waals surface area contributed by atoms with Crippen LogP contribution in [0.25, 0.3) is 0 Å². The van der Waals surface area contributed by atoms with Gasteiger partial charge in [-0.15, -0.1) is 0 Å². The van der Waals surface area contributed by atoms with E-state index in [4.69, 9.17) is 12.2 Å². The van der Waals surface area contributed by atoms with Crippen molar-refractivity contribution in [1.29, 1.82) is 0 Å². The lowest BCUT2D eigenvalue weighted by Crippen LogP contribution is -2.43. The van der Waals surface area contributed by atoms with Crippen LogP contribution in [0, 0.1) is 0 Å². The van der Waals surface area contributed by atoms with E-state index in [2.05, 4.69) is 53.2 Å². The quantitative estimate of drug-likeness (QED) is 0.632. The predicted molar refractivity (Wildman–Crippen MR) is 67.4 cm³/mol. The Balaban J connectivity index is 1.99. The molecule has 0 amide bonds. The normalized spacial score (nSPS) is 24.6. The Bertz CT molecular complexity index is 446. The number of thiocarbonyl (C=S) groups is 1. The van der Waals surface area contributed by atoms with Crippen molar-refractivity contribution >= 4 is 17.3 Å². The summed E-state index contributed by atoms with van der Waals surface area (Å²) in [5.74, 6) is 0. The van der Waals surface area contributed by atoms with Gasteiger partial charge in [0.05, 0.1) is 12.7 Å². The number of fused-ring (bicyclic) bond motifs is 2. The number of hydrogen-bond acceptors (Lipinski definition) is 2. The smallest absolute Gasteiger partial charge is 0.187 e. The van der Waals surface area contributed by atoms with Crippen LogP contribution in [-0.2, 0) is 13.1 Å². The van der Waals surface area contributed by atoms with E-state index in [0.29, 0.717) is 6.17 Å². The molecule has 2 heterocycles. The number of hydrogen-bond donors (Lipinski definition) is 0. The van der Waals surface area contributed by atoms with Crippen LogP contribution in [0.2, 0.25) is 0 Å². The molecule has 0 aromatic heterocycles. The maximum Gasteiger partial charge on any atom is 0.187 e. The minimum absolute atomic E-state index is 0.362. The van der Waals surface area contributed by atoms with E-state index < -0.39 is 0 Å². The van der Waals surface area contributed by atoms with Gasteiger partial charge in [0.25, 0.3) is 0 Å². The van der Waals surface area contributed by atoms with Gasteiger partial charge in [0, 0.05) is 13.6 Å². The van der Waals surface area contributed by atoms with Gasteiger partial charge in [0.1, 0.15) is 0 Å². The molecule has 1 aromatic rings. The van der Waals surface area contributed by atoms with E-state index in [9.17, 15) is 0 Å². The van der Waals surface area contributed by atoms with Gasteiger partial charge in [0.15, 0.2) is 5.11 Å². The van der Waals surface area contributed by atoms with Crippen molar-refractivity contribution in [2.75, 3.05) is 7.05 Å². The van der Waals surface area contributed by atoms with Gasteiger partial charge in [-0.2, -0.15) is 5.01 Å². The van der Waals surface area contributed by atoms with Gasteiger partial charge in [-0.3, -0.25) is 5.01 Å². The molecule has 2 aliphatic heterocycles. The molecule has 0 N–H and O–H groups in total. The molecule has 0 bridgehead atoms. The van der Waals surface area contributed by atoms with E-state index in [0.717, 1.165) is 18.2 Å². The zero-order valence-electron chi connectivity index (χ0n) is 9.55. The highest BCUT2D eigenvalue weighted by molar-refractivity contribution is 7.80. The SMILES string of the molecule is CC1N(C)C(=S)N2Cc3ccccc3CN12. The summed E-state index contributed by atoms with van der Waals surface area (Å²) in [6, 6.07) is 8.61. The molecule has 0 spiro atoms. The molecule has 1 atom stereocenters. The second kappa shape index (κ2) is 3.43. The average molecular weight is 233 g/mol. The molecule has 1 saturated heterocycles. The molecule has 1 unspecified atom stereocenters. The van der Waals surface area contributed by atoms with Crippen LogP contribution in [0.5, 0.6) is 0 Å². The molecular weight excluding hydrogens is 218 g/mol. The standard InChI is InChI=1S/C12H15N3S/c1-9-13(2)12(16)15-8-11-6-4-3-5-10(11)7-14(9)15/h3-6,9H,7-8H2,1-2H3. The Hall–Kier alpha value is -1.13. The highest BCUT2D eigenvalue weighted by Crippen LogP contribution is 2.30. The Morgan fingerprint density at radius 3 is 2.50 bits per heavy atom. The monoisotopic (exact) mass is 233 g/mol. The van der Waals surface area contributed by atoms with Gasteiger partial charge in [-0.1, -0.05) is 24.3 Å². The van der Waals surface area contributed by atoms with Crippen LogP contribution in [0.3, 0.4) is 0 Å². The fraction of sp³-hybridized carbons (Fsp3) is 0.417. The second-order valence-corrected chi connectivity index (χ2v) is 4.81. The third-order valence-corrected chi connectivity index (χ3v) is 4.09. The maximum atomic E-state index is 5.46. The largest absolute Gasteiger partial charge is 0.334 e. The van der Waals surface area contributed by atoms with Gasteiger partial charge >= 0.3 is 0 Å². The highest BCUT2D eigenvalue weighted by atomic mass is 32.1. The Labute approximate surface area is 101 Å².